The third kappa shape index (κ3) is 3.68. The van der Waals surface area contributed by atoms with Gasteiger partial charge in [-0.3, -0.25) is 4.98 Å². The highest BCUT2D eigenvalue weighted by Gasteiger charge is 2.18. The van der Waals surface area contributed by atoms with E-state index in [1.54, 1.807) is 0 Å². The maximum atomic E-state index is 4.08. The van der Waals surface area contributed by atoms with Gasteiger partial charge in [0.1, 0.15) is 0 Å². The highest BCUT2D eigenvalue weighted by molar-refractivity contribution is 9.10. The minimum absolute atomic E-state index is 0.599. The van der Waals surface area contributed by atoms with E-state index < -0.39 is 0 Å². The van der Waals surface area contributed by atoms with E-state index in [9.17, 15) is 0 Å². The molecule has 1 fully saturated rings. The molecular weight excluding hydrogens is 278 g/mol. The molecular formula is C13H20BrN3. The van der Waals surface area contributed by atoms with Crippen molar-refractivity contribution in [1.82, 2.24) is 9.88 Å². The van der Waals surface area contributed by atoms with Crippen molar-refractivity contribution in [3.8, 4) is 0 Å². The SMILES string of the molecule is CCCN1CCC(Nc2ccncc2Br)CC1. The zero-order chi connectivity index (χ0) is 12.1. The fraction of sp³-hybridized carbons (Fsp3) is 0.615. The van der Waals surface area contributed by atoms with Gasteiger partial charge in [-0.1, -0.05) is 6.92 Å². The maximum absolute atomic E-state index is 4.08. The number of hydrogen-bond acceptors (Lipinski definition) is 3. The quantitative estimate of drug-likeness (QED) is 0.925. The predicted octanol–water partition coefficient (Wildman–Crippen LogP) is 3.13. The van der Waals surface area contributed by atoms with Crippen LogP contribution in [0.1, 0.15) is 26.2 Å². The van der Waals surface area contributed by atoms with E-state index in [2.05, 4.69) is 38.1 Å². The first-order valence-electron chi connectivity index (χ1n) is 6.38. The number of nitrogens with one attached hydrogen (secondary N) is 1. The third-order valence-electron chi connectivity index (χ3n) is 3.26. The Balaban J connectivity index is 1.84. The molecule has 0 unspecified atom stereocenters. The molecule has 1 N–H and O–H groups in total. The third-order valence-corrected chi connectivity index (χ3v) is 3.89. The lowest BCUT2D eigenvalue weighted by Gasteiger charge is -2.32. The largest absolute Gasteiger partial charge is 0.381 e. The lowest BCUT2D eigenvalue weighted by Crippen LogP contribution is -2.39. The summed E-state index contributed by atoms with van der Waals surface area (Å²) in [5.41, 5.74) is 1.16. The molecule has 1 aromatic heterocycles. The molecule has 1 aromatic rings. The zero-order valence-electron chi connectivity index (χ0n) is 10.3. The average Bonchev–Trinajstić information content (AvgIpc) is 2.35. The van der Waals surface area contributed by atoms with E-state index in [1.165, 1.54) is 38.9 Å². The molecule has 0 radical (unpaired) electrons. The molecule has 1 aliphatic rings. The molecule has 0 aromatic carbocycles. The molecule has 0 spiro atoms. The number of rotatable bonds is 4. The van der Waals surface area contributed by atoms with Crippen molar-refractivity contribution in [3.63, 3.8) is 0 Å². The second kappa shape index (κ2) is 6.36. The number of anilines is 1. The molecule has 17 heavy (non-hydrogen) atoms. The van der Waals surface area contributed by atoms with Gasteiger partial charge in [-0.05, 0) is 47.8 Å². The standard InChI is InChI=1S/C13H20BrN3/c1-2-7-17-8-4-11(5-9-17)16-13-3-6-15-10-12(13)14/h3,6,10-11H,2,4-5,7-9H2,1H3,(H,15,16). The normalized spacial score (nSPS) is 18.2. The van der Waals surface area contributed by atoms with Crippen LogP contribution < -0.4 is 5.32 Å². The number of hydrogen-bond donors (Lipinski definition) is 1. The van der Waals surface area contributed by atoms with Gasteiger partial charge in [0, 0.05) is 31.5 Å². The minimum Gasteiger partial charge on any atom is -0.381 e. The van der Waals surface area contributed by atoms with Crippen molar-refractivity contribution in [2.24, 2.45) is 0 Å². The van der Waals surface area contributed by atoms with E-state index >= 15 is 0 Å². The van der Waals surface area contributed by atoms with Crippen molar-refractivity contribution < 1.29 is 0 Å². The monoisotopic (exact) mass is 297 g/mol. The Morgan fingerprint density at radius 1 is 1.47 bits per heavy atom. The maximum Gasteiger partial charge on any atom is 0.0590 e. The summed E-state index contributed by atoms with van der Waals surface area (Å²) in [5.74, 6) is 0. The van der Waals surface area contributed by atoms with Crippen molar-refractivity contribution in [2.75, 3.05) is 25.0 Å². The molecule has 4 heteroatoms. The molecule has 0 amide bonds. The van der Waals surface area contributed by atoms with Gasteiger partial charge >= 0.3 is 0 Å². The smallest absolute Gasteiger partial charge is 0.0590 e. The van der Waals surface area contributed by atoms with Crippen molar-refractivity contribution >= 4 is 21.6 Å². The average molecular weight is 298 g/mol. The summed E-state index contributed by atoms with van der Waals surface area (Å²) >= 11 is 3.52. The molecule has 0 aliphatic carbocycles. The second-order valence-electron chi connectivity index (χ2n) is 4.62. The Morgan fingerprint density at radius 3 is 2.88 bits per heavy atom. The van der Waals surface area contributed by atoms with Crippen molar-refractivity contribution in [1.29, 1.82) is 0 Å². The van der Waals surface area contributed by atoms with Crippen LogP contribution in [0, 0.1) is 0 Å². The van der Waals surface area contributed by atoms with Gasteiger partial charge in [0.05, 0.1) is 10.2 Å². The van der Waals surface area contributed by atoms with E-state index in [0.717, 1.165) is 10.2 Å². The van der Waals surface area contributed by atoms with Crippen LogP contribution in [0.15, 0.2) is 22.9 Å². The lowest BCUT2D eigenvalue weighted by molar-refractivity contribution is 0.219. The van der Waals surface area contributed by atoms with Crippen LogP contribution in [0.5, 0.6) is 0 Å². The molecule has 94 valence electrons. The predicted molar refractivity (Wildman–Crippen MR) is 75.3 cm³/mol. The summed E-state index contributed by atoms with van der Waals surface area (Å²) in [6.07, 6.45) is 7.39. The van der Waals surface area contributed by atoms with E-state index in [-0.39, 0.29) is 0 Å². The molecule has 1 saturated heterocycles. The van der Waals surface area contributed by atoms with Crippen LogP contribution in [0.2, 0.25) is 0 Å². The molecule has 2 rings (SSSR count). The summed E-state index contributed by atoms with van der Waals surface area (Å²) in [4.78, 5) is 6.63. The van der Waals surface area contributed by atoms with E-state index in [0.29, 0.717) is 6.04 Å². The van der Waals surface area contributed by atoms with Gasteiger partial charge < -0.3 is 10.2 Å². The van der Waals surface area contributed by atoms with Crippen LogP contribution in [-0.4, -0.2) is 35.6 Å². The van der Waals surface area contributed by atoms with Gasteiger partial charge in [0.25, 0.3) is 0 Å². The van der Waals surface area contributed by atoms with Crippen LogP contribution in [0.3, 0.4) is 0 Å². The summed E-state index contributed by atoms with van der Waals surface area (Å²) in [5, 5.41) is 3.60. The lowest BCUT2D eigenvalue weighted by atomic mass is 10.0. The van der Waals surface area contributed by atoms with Gasteiger partial charge in [-0.25, -0.2) is 0 Å². The van der Waals surface area contributed by atoms with Crippen molar-refractivity contribution in [2.45, 2.75) is 32.2 Å². The molecule has 1 aliphatic heterocycles. The number of likely N-dealkylation sites (tertiary alicyclic amines) is 1. The first kappa shape index (κ1) is 12.8. The topological polar surface area (TPSA) is 28.2 Å². The highest BCUT2D eigenvalue weighted by atomic mass is 79.9. The summed E-state index contributed by atoms with van der Waals surface area (Å²) in [6.45, 7) is 5.92. The number of nitrogens with zero attached hydrogens (tertiary/aromatic N) is 2. The Kier molecular flexibility index (Phi) is 4.80. The summed E-state index contributed by atoms with van der Waals surface area (Å²) < 4.78 is 1.05. The van der Waals surface area contributed by atoms with Crippen LogP contribution in [0.4, 0.5) is 5.69 Å². The Bertz CT molecular complexity index is 348. The first-order valence-corrected chi connectivity index (χ1v) is 7.17. The summed E-state index contributed by atoms with van der Waals surface area (Å²) in [6, 6.07) is 2.63. The van der Waals surface area contributed by atoms with E-state index in [4.69, 9.17) is 0 Å². The van der Waals surface area contributed by atoms with Crippen LogP contribution in [-0.2, 0) is 0 Å². The molecule has 0 bridgehead atoms. The fourth-order valence-electron chi connectivity index (χ4n) is 2.33. The van der Waals surface area contributed by atoms with Crippen LogP contribution in [0.25, 0.3) is 0 Å². The number of pyridine rings is 1. The molecule has 2 heterocycles. The Hall–Kier alpha value is -0.610. The Morgan fingerprint density at radius 2 is 2.24 bits per heavy atom. The number of aromatic nitrogens is 1. The second-order valence-corrected chi connectivity index (χ2v) is 5.47. The zero-order valence-corrected chi connectivity index (χ0v) is 11.9. The van der Waals surface area contributed by atoms with E-state index in [1.807, 2.05) is 18.5 Å². The number of piperidine rings is 1. The Labute approximate surface area is 112 Å². The van der Waals surface area contributed by atoms with Gasteiger partial charge in [0.2, 0.25) is 0 Å². The van der Waals surface area contributed by atoms with Gasteiger partial charge in [-0.15, -0.1) is 0 Å². The van der Waals surface area contributed by atoms with Crippen molar-refractivity contribution in [3.05, 3.63) is 22.9 Å². The van der Waals surface area contributed by atoms with Gasteiger partial charge in [-0.2, -0.15) is 0 Å². The minimum atomic E-state index is 0.599. The highest BCUT2D eigenvalue weighted by Crippen LogP contribution is 2.23. The fourth-order valence-corrected chi connectivity index (χ4v) is 2.69. The molecule has 0 atom stereocenters. The summed E-state index contributed by atoms with van der Waals surface area (Å²) in [7, 11) is 0. The van der Waals surface area contributed by atoms with Crippen LogP contribution >= 0.6 is 15.9 Å². The molecule has 3 nitrogen and oxygen atoms in total. The van der Waals surface area contributed by atoms with Gasteiger partial charge in [0.15, 0.2) is 0 Å². The number of halogens is 1. The molecule has 0 saturated carbocycles. The first-order chi connectivity index (χ1) is 8.29.